The first-order valence-corrected chi connectivity index (χ1v) is 4.47. The minimum Gasteiger partial charge on any atom is -0.374 e. The van der Waals surface area contributed by atoms with E-state index in [0.717, 1.165) is 6.54 Å². The number of primary amides is 1. The first kappa shape index (κ1) is 10.4. The lowest BCUT2D eigenvalue weighted by Crippen LogP contribution is -2.51. The van der Waals surface area contributed by atoms with Gasteiger partial charge in [-0.3, -0.25) is 9.69 Å². The molecule has 2 unspecified atom stereocenters. The largest absolute Gasteiger partial charge is 0.374 e. The van der Waals surface area contributed by atoms with Crippen LogP contribution in [-0.4, -0.2) is 49.2 Å². The Kier molecular flexibility index (Phi) is 3.65. The highest BCUT2D eigenvalue weighted by Gasteiger charge is 2.23. The van der Waals surface area contributed by atoms with Gasteiger partial charge in [0.25, 0.3) is 0 Å². The molecule has 1 heterocycles. The van der Waals surface area contributed by atoms with Gasteiger partial charge in [0.05, 0.1) is 19.3 Å². The molecule has 0 aromatic rings. The smallest absolute Gasteiger partial charge is 0.231 e. The molecule has 0 bridgehead atoms. The summed E-state index contributed by atoms with van der Waals surface area (Å²) in [5, 5.41) is 0. The Bertz CT molecular complexity index is 184. The Morgan fingerprint density at radius 3 is 3.00 bits per heavy atom. The summed E-state index contributed by atoms with van der Waals surface area (Å²) < 4.78 is 5.43. The van der Waals surface area contributed by atoms with Crippen LogP contribution in [0.4, 0.5) is 0 Å². The van der Waals surface area contributed by atoms with Crippen molar-refractivity contribution in [2.75, 3.05) is 26.2 Å². The summed E-state index contributed by atoms with van der Waals surface area (Å²) in [7, 11) is 0. The average Bonchev–Trinajstić information content (AvgIpc) is 2.03. The Hall–Kier alpha value is -0.650. The van der Waals surface area contributed by atoms with Crippen molar-refractivity contribution in [2.45, 2.75) is 19.1 Å². The molecule has 76 valence electrons. The Morgan fingerprint density at radius 2 is 2.46 bits per heavy atom. The van der Waals surface area contributed by atoms with Crippen LogP contribution in [0.2, 0.25) is 0 Å². The minimum atomic E-state index is -0.301. The fourth-order valence-electron chi connectivity index (χ4n) is 1.41. The quantitative estimate of drug-likeness (QED) is 0.564. The number of nitrogens with two attached hydrogens (primary N) is 2. The standard InChI is InChI=1S/C8H17N3O2/c1-6(9)7-4-11(2-3-13-7)5-8(10)12/h6-7H,2-5,9H2,1H3,(H2,10,12). The van der Waals surface area contributed by atoms with Crippen LogP contribution in [0.25, 0.3) is 0 Å². The van der Waals surface area contributed by atoms with Crippen LogP contribution in [0, 0.1) is 0 Å². The number of carbonyl (C=O) groups excluding carboxylic acids is 1. The van der Waals surface area contributed by atoms with E-state index >= 15 is 0 Å². The van der Waals surface area contributed by atoms with Gasteiger partial charge in [-0.2, -0.15) is 0 Å². The monoisotopic (exact) mass is 187 g/mol. The number of rotatable bonds is 3. The molecule has 0 radical (unpaired) electrons. The van der Waals surface area contributed by atoms with Crippen molar-refractivity contribution in [1.29, 1.82) is 0 Å². The summed E-state index contributed by atoms with van der Waals surface area (Å²) in [4.78, 5) is 12.6. The summed E-state index contributed by atoms with van der Waals surface area (Å²) in [6.07, 6.45) is 0.0214. The van der Waals surface area contributed by atoms with Gasteiger partial charge in [-0.1, -0.05) is 0 Å². The molecule has 4 N–H and O–H groups in total. The first-order chi connectivity index (χ1) is 6.09. The predicted molar refractivity (Wildman–Crippen MR) is 49.0 cm³/mol. The van der Waals surface area contributed by atoms with Crippen molar-refractivity contribution in [2.24, 2.45) is 11.5 Å². The van der Waals surface area contributed by atoms with Crippen LogP contribution in [0.1, 0.15) is 6.92 Å². The SMILES string of the molecule is CC(N)C1CN(CC(N)=O)CCO1. The van der Waals surface area contributed by atoms with Gasteiger partial charge in [-0.05, 0) is 6.92 Å². The molecule has 5 nitrogen and oxygen atoms in total. The minimum absolute atomic E-state index is 0.00400. The molecular weight excluding hydrogens is 170 g/mol. The van der Waals surface area contributed by atoms with Crippen molar-refractivity contribution in [3.8, 4) is 0 Å². The van der Waals surface area contributed by atoms with E-state index in [0.29, 0.717) is 19.7 Å². The van der Waals surface area contributed by atoms with Crippen LogP contribution in [0.15, 0.2) is 0 Å². The summed E-state index contributed by atoms with van der Waals surface area (Å²) in [6, 6.07) is -0.00400. The predicted octanol–water partition coefficient (Wildman–Crippen LogP) is -1.48. The molecule has 1 saturated heterocycles. The number of morpholine rings is 1. The van der Waals surface area contributed by atoms with Gasteiger partial charge >= 0.3 is 0 Å². The van der Waals surface area contributed by atoms with Crippen LogP contribution in [-0.2, 0) is 9.53 Å². The lowest BCUT2D eigenvalue weighted by molar-refractivity contribution is -0.121. The molecule has 1 fully saturated rings. The molecule has 1 rings (SSSR count). The average molecular weight is 187 g/mol. The number of amides is 1. The number of ether oxygens (including phenoxy) is 1. The van der Waals surface area contributed by atoms with Gasteiger partial charge < -0.3 is 16.2 Å². The normalized spacial score (nSPS) is 27.1. The molecule has 0 aromatic carbocycles. The van der Waals surface area contributed by atoms with Gasteiger partial charge in [0.15, 0.2) is 0 Å². The molecule has 1 aliphatic heterocycles. The molecule has 0 aromatic heterocycles. The summed E-state index contributed by atoms with van der Waals surface area (Å²) in [5.74, 6) is -0.301. The van der Waals surface area contributed by atoms with E-state index in [1.165, 1.54) is 0 Å². The zero-order valence-electron chi connectivity index (χ0n) is 7.90. The van der Waals surface area contributed by atoms with Crippen molar-refractivity contribution in [1.82, 2.24) is 4.90 Å². The Balaban J connectivity index is 2.37. The van der Waals surface area contributed by atoms with Crippen molar-refractivity contribution in [3.05, 3.63) is 0 Å². The highest BCUT2D eigenvalue weighted by molar-refractivity contribution is 5.75. The zero-order chi connectivity index (χ0) is 9.84. The molecule has 2 atom stereocenters. The Labute approximate surface area is 78.0 Å². The van der Waals surface area contributed by atoms with Gasteiger partial charge in [0.1, 0.15) is 0 Å². The molecular formula is C8H17N3O2. The third kappa shape index (κ3) is 3.30. The van der Waals surface area contributed by atoms with Gasteiger partial charge in [0, 0.05) is 19.1 Å². The van der Waals surface area contributed by atoms with Gasteiger partial charge in [-0.25, -0.2) is 0 Å². The number of nitrogens with zero attached hydrogens (tertiary/aromatic N) is 1. The number of carbonyl (C=O) groups is 1. The topological polar surface area (TPSA) is 81.6 Å². The highest BCUT2D eigenvalue weighted by atomic mass is 16.5. The van der Waals surface area contributed by atoms with E-state index in [1.807, 2.05) is 11.8 Å². The van der Waals surface area contributed by atoms with Crippen LogP contribution in [0.3, 0.4) is 0 Å². The van der Waals surface area contributed by atoms with E-state index in [-0.39, 0.29) is 18.1 Å². The van der Waals surface area contributed by atoms with E-state index in [9.17, 15) is 4.79 Å². The Morgan fingerprint density at radius 1 is 1.77 bits per heavy atom. The second-order valence-corrected chi connectivity index (χ2v) is 3.47. The highest BCUT2D eigenvalue weighted by Crippen LogP contribution is 2.06. The van der Waals surface area contributed by atoms with E-state index in [4.69, 9.17) is 16.2 Å². The lowest BCUT2D eigenvalue weighted by atomic mass is 10.1. The van der Waals surface area contributed by atoms with Crippen LogP contribution < -0.4 is 11.5 Å². The molecule has 0 saturated carbocycles. The maximum Gasteiger partial charge on any atom is 0.231 e. The van der Waals surface area contributed by atoms with Crippen LogP contribution >= 0.6 is 0 Å². The first-order valence-electron chi connectivity index (χ1n) is 4.47. The maximum atomic E-state index is 10.7. The fraction of sp³-hybridized carbons (Fsp3) is 0.875. The second kappa shape index (κ2) is 4.55. The van der Waals surface area contributed by atoms with Gasteiger partial charge in [0.2, 0.25) is 5.91 Å². The molecule has 13 heavy (non-hydrogen) atoms. The third-order valence-corrected chi connectivity index (χ3v) is 2.14. The molecule has 1 amide bonds. The van der Waals surface area contributed by atoms with E-state index in [1.54, 1.807) is 0 Å². The van der Waals surface area contributed by atoms with Crippen LogP contribution in [0.5, 0.6) is 0 Å². The van der Waals surface area contributed by atoms with Gasteiger partial charge in [-0.15, -0.1) is 0 Å². The van der Waals surface area contributed by atoms with Crippen molar-refractivity contribution < 1.29 is 9.53 Å². The molecule has 1 aliphatic rings. The number of hydrogen-bond acceptors (Lipinski definition) is 4. The van der Waals surface area contributed by atoms with Crippen molar-refractivity contribution in [3.63, 3.8) is 0 Å². The zero-order valence-corrected chi connectivity index (χ0v) is 7.90. The lowest BCUT2D eigenvalue weighted by Gasteiger charge is -2.33. The molecule has 5 heteroatoms. The van der Waals surface area contributed by atoms with E-state index < -0.39 is 0 Å². The van der Waals surface area contributed by atoms with Crippen molar-refractivity contribution >= 4 is 5.91 Å². The third-order valence-electron chi connectivity index (χ3n) is 2.14. The van der Waals surface area contributed by atoms with E-state index in [2.05, 4.69) is 0 Å². The summed E-state index contributed by atoms with van der Waals surface area (Å²) >= 11 is 0. The summed E-state index contributed by atoms with van der Waals surface area (Å²) in [5.41, 5.74) is 10.8. The maximum absolute atomic E-state index is 10.7. The second-order valence-electron chi connectivity index (χ2n) is 3.47. The molecule has 0 spiro atoms. The number of hydrogen-bond donors (Lipinski definition) is 2. The molecule has 0 aliphatic carbocycles. The fourth-order valence-corrected chi connectivity index (χ4v) is 1.41. The summed E-state index contributed by atoms with van der Waals surface area (Å²) in [6.45, 7) is 4.28.